The molecule has 0 aliphatic heterocycles. The third-order valence-corrected chi connectivity index (χ3v) is 2.75. The number of likely N-dealkylation sites (N-methyl/N-ethyl adjacent to an activating group) is 1. The van der Waals surface area contributed by atoms with E-state index in [-0.39, 0.29) is 6.04 Å². The Labute approximate surface area is 93.6 Å². The lowest BCUT2D eigenvalue weighted by atomic mass is 10.1. The molecule has 1 amide bonds. The molecule has 2 atom stereocenters. The van der Waals surface area contributed by atoms with E-state index in [2.05, 4.69) is 10.4 Å². The summed E-state index contributed by atoms with van der Waals surface area (Å²) >= 11 is 5.88. The van der Waals surface area contributed by atoms with Gasteiger partial charge in [-0.3, -0.25) is 9.48 Å². The normalized spacial score (nSPS) is 14.9. The highest BCUT2D eigenvalue weighted by Gasteiger charge is 2.23. The van der Waals surface area contributed by atoms with Gasteiger partial charge in [-0.2, -0.15) is 5.10 Å². The highest BCUT2D eigenvalue weighted by Crippen LogP contribution is 2.17. The minimum atomic E-state index is -0.458. The van der Waals surface area contributed by atoms with Crippen molar-refractivity contribution in [3.05, 3.63) is 16.9 Å². The Bertz CT molecular complexity index is 343. The second-order valence-electron chi connectivity index (χ2n) is 3.45. The smallest absolute Gasteiger partial charge is 0.236 e. The number of nitrogens with one attached hydrogen (secondary N) is 1. The molecule has 0 aliphatic rings. The summed E-state index contributed by atoms with van der Waals surface area (Å²) in [5.74, 6) is -0.408. The molecule has 3 N–H and O–H groups in total. The molecule has 0 saturated carbocycles. The van der Waals surface area contributed by atoms with Crippen LogP contribution in [0.5, 0.6) is 0 Å². The number of aromatic nitrogens is 2. The Morgan fingerprint density at radius 1 is 1.73 bits per heavy atom. The van der Waals surface area contributed by atoms with E-state index in [9.17, 15) is 4.79 Å². The second kappa shape index (κ2) is 4.63. The zero-order valence-corrected chi connectivity index (χ0v) is 9.75. The van der Waals surface area contributed by atoms with Gasteiger partial charge in [-0.25, -0.2) is 0 Å². The molecule has 0 aromatic carbocycles. The molecule has 0 aliphatic carbocycles. The van der Waals surface area contributed by atoms with Gasteiger partial charge >= 0.3 is 0 Å². The van der Waals surface area contributed by atoms with Crippen molar-refractivity contribution >= 4 is 17.5 Å². The van der Waals surface area contributed by atoms with Crippen LogP contribution >= 0.6 is 11.6 Å². The van der Waals surface area contributed by atoms with Crippen molar-refractivity contribution in [1.82, 2.24) is 15.1 Å². The van der Waals surface area contributed by atoms with Gasteiger partial charge in [0.15, 0.2) is 0 Å². The van der Waals surface area contributed by atoms with Crippen molar-refractivity contribution in [2.75, 3.05) is 7.05 Å². The van der Waals surface area contributed by atoms with E-state index in [0.717, 1.165) is 5.69 Å². The van der Waals surface area contributed by atoms with Crippen LogP contribution in [0.3, 0.4) is 0 Å². The molecule has 1 aromatic rings. The Morgan fingerprint density at radius 2 is 2.33 bits per heavy atom. The number of carbonyl (C=O) groups excluding carboxylic acids is 1. The lowest BCUT2D eigenvalue weighted by Gasteiger charge is -2.20. The first-order valence-electron chi connectivity index (χ1n) is 4.65. The van der Waals surface area contributed by atoms with Crippen molar-refractivity contribution < 1.29 is 4.79 Å². The van der Waals surface area contributed by atoms with Crippen LogP contribution < -0.4 is 11.1 Å². The van der Waals surface area contributed by atoms with Gasteiger partial charge in [0.25, 0.3) is 0 Å². The Hall–Kier alpha value is -1.07. The van der Waals surface area contributed by atoms with E-state index in [4.69, 9.17) is 17.3 Å². The van der Waals surface area contributed by atoms with Crippen LogP contribution in [0.1, 0.15) is 18.7 Å². The number of amides is 1. The lowest BCUT2D eigenvalue weighted by molar-refractivity contribution is -0.120. The standard InChI is InChI=1S/C9H15ClN4O/c1-5-7(10)4-14(13-5)6(2)8(12-3)9(11)15/h4,6,8,12H,1-3H3,(H2,11,15). The third-order valence-electron chi connectivity index (χ3n) is 2.37. The Morgan fingerprint density at radius 3 is 2.67 bits per heavy atom. The van der Waals surface area contributed by atoms with Crippen molar-refractivity contribution in [1.29, 1.82) is 0 Å². The first-order valence-corrected chi connectivity index (χ1v) is 5.03. The SMILES string of the molecule is CNC(C(N)=O)C(C)n1cc(Cl)c(C)n1. The molecule has 0 saturated heterocycles. The van der Waals surface area contributed by atoms with Gasteiger partial charge in [-0.05, 0) is 20.9 Å². The fourth-order valence-corrected chi connectivity index (χ4v) is 1.58. The monoisotopic (exact) mass is 230 g/mol. The van der Waals surface area contributed by atoms with E-state index >= 15 is 0 Å². The van der Waals surface area contributed by atoms with Crippen molar-refractivity contribution in [2.24, 2.45) is 5.73 Å². The van der Waals surface area contributed by atoms with Gasteiger partial charge in [0.1, 0.15) is 6.04 Å². The number of nitrogens with two attached hydrogens (primary N) is 1. The van der Waals surface area contributed by atoms with Crippen LogP contribution in [0.2, 0.25) is 5.02 Å². The maximum absolute atomic E-state index is 11.1. The van der Waals surface area contributed by atoms with Crippen LogP contribution in [0.25, 0.3) is 0 Å². The molecular formula is C9H15ClN4O. The first-order chi connectivity index (χ1) is 6.97. The minimum absolute atomic E-state index is 0.168. The number of hydrogen-bond acceptors (Lipinski definition) is 3. The highest BCUT2D eigenvalue weighted by atomic mass is 35.5. The topological polar surface area (TPSA) is 72.9 Å². The lowest BCUT2D eigenvalue weighted by Crippen LogP contribution is -2.44. The zero-order chi connectivity index (χ0) is 11.6. The second-order valence-corrected chi connectivity index (χ2v) is 3.86. The van der Waals surface area contributed by atoms with Crippen LogP contribution in [-0.2, 0) is 4.79 Å². The maximum atomic E-state index is 11.1. The number of primary amides is 1. The van der Waals surface area contributed by atoms with E-state index in [0.29, 0.717) is 5.02 Å². The predicted molar refractivity (Wildman–Crippen MR) is 58.7 cm³/mol. The fraction of sp³-hybridized carbons (Fsp3) is 0.556. The molecule has 0 fully saturated rings. The number of aryl methyl sites for hydroxylation is 1. The van der Waals surface area contributed by atoms with Gasteiger partial charge in [0, 0.05) is 6.20 Å². The molecule has 0 radical (unpaired) electrons. The van der Waals surface area contributed by atoms with E-state index in [1.807, 2.05) is 13.8 Å². The maximum Gasteiger partial charge on any atom is 0.236 e. The molecule has 5 nitrogen and oxygen atoms in total. The number of carbonyl (C=O) groups is 1. The summed E-state index contributed by atoms with van der Waals surface area (Å²) in [6.07, 6.45) is 1.69. The fourth-order valence-electron chi connectivity index (χ4n) is 1.44. The summed E-state index contributed by atoms with van der Waals surface area (Å²) in [5.41, 5.74) is 5.99. The molecule has 0 spiro atoms. The molecule has 84 valence electrons. The van der Waals surface area contributed by atoms with E-state index in [1.54, 1.807) is 17.9 Å². The molecule has 0 bridgehead atoms. The zero-order valence-electron chi connectivity index (χ0n) is 8.99. The van der Waals surface area contributed by atoms with Gasteiger partial charge in [-0.15, -0.1) is 0 Å². The van der Waals surface area contributed by atoms with Crippen molar-refractivity contribution in [2.45, 2.75) is 25.9 Å². The van der Waals surface area contributed by atoms with Crippen LogP contribution in [0.15, 0.2) is 6.20 Å². The number of halogens is 1. The average Bonchev–Trinajstić information content (AvgIpc) is 2.47. The predicted octanol–water partition coefficient (Wildman–Crippen LogP) is 0.479. The number of rotatable bonds is 4. The number of hydrogen-bond donors (Lipinski definition) is 2. The summed E-state index contributed by atoms with van der Waals surface area (Å²) in [6.45, 7) is 3.67. The highest BCUT2D eigenvalue weighted by molar-refractivity contribution is 6.31. The van der Waals surface area contributed by atoms with E-state index < -0.39 is 11.9 Å². The first kappa shape index (κ1) is 12.0. The Balaban J connectivity index is 2.92. The van der Waals surface area contributed by atoms with Gasteiger partial charge in [0.05, 0.1) is 16.8 Å². The van der Waals surface area contributed by atoms with Crippen molar-refractivity contribution in [3.63, 3.8) is 0 Å². The molecule has 2 unspecified atom stereocenters. The summed E-state index contributed by atoms with van der Waals surface area (Å²) in [6, 6.07) is -0.626. The van der Waals surface area contributed by atoms with Crippen LogP contribution in [0.4, 0.5) is 0 Å². The average molecular weight is 231 g/mol. The molecule has 15 heavy (non-hydrogen) atoms. The minimum Gasteiger partial charge on any atom is -0.368 e. The molecule has 6 heteroatoms. The largest absolute Gasteiger partial charge is 0.368 e. The third kappa shape index (κ3) is 2.49. The molecule has 1 rings (SSSR count). The van der Waals surface area contributed by atoms with Gasteiger partial charge in [0.2, 0.25) is 5.91 Å². The molecule has 1 heterocycles. The molecule has 1 aromatic heterocycles. The summed E-state index contributed by atoms with van der Waals surface area (Å²) in [5, 5.41) is 7.63. The summed E-state index contributed by atoms with van der Waals surface area (Å²) in [7, 11) is 1.68. The van der Waals surface area contributed by atoms with Gasteiger partial charge in [-0.1, -0.05) is 11.6 Å². The van der Waals surface area contributed by atoms with Crippen molar-refractivity contribution in [3.8, 4) is 0 Å². The summed E-state index contributed by atoms with van der Waals surface area (Å²) < 4.78 is 1.64. The molecular weight excluding hydrogens is 216 g/mol. The van der Waals surface area contributed by atoms with Gasteiger partial charge < -0.3 is 11.1 Å². The quantitative estimate of drug-likeness (QED) is 0.790. The summed E-state index contributed by atoms with van der Waals surface area (Å²) in [4.78, 5) is 11.1. The number of nitrogens with zero attached hydrogens (tertiary/aromatic N) is 2. The van der Waals surface area contributed by atoms with Crippen LogP contribution in [0, 0.1) is 6.92 Å². The van der Waals surface area contributed by atoms with E-state index in [1.165, 1.54) is 0 Å². The van der Waals surface area contributed by atoms with Crippen LogP contribution in [-0.4, -0.2) is 28.8 Å². The Kier molecular flexibility index (Phi) is 3.71.